The molecule has 1 saturated carbocycles. The lowest BCUT2D eigenvalue weighted by Gasteiger charge is -2.14. The number of rotatable bonds is 4. The van der Waals surface area contributed by atoms with Crippen LogP contribution in [0.3, 0.4) is 0 Å². The van der Waals surface area contributed by atoms with Gasteiger partial charge in [0.1, 0.15) is 0 Å². The van der Waals surface area contributed by atoms with E-state index in [1.54, 1.807) is 0 Å². The summed E-state index contributed by atoms with van der Waals surface area (Å²) in [6, 6.07) is 5.76. The summed E-state index contributed by atoms with van der Waals surface area (Å²) in [5.74, 6) is -1.42. The molecular weight excluding hydrogens is 322 g/mol. The maximum absolute atomic E-state index is 12.2. The highest BCUT2D eigenvalue weighted by Gasteiger charge is 2.33. The first-order valence-corrected chi connectivity index (χ1v) is 7.62. The van der Waals surface area contributed by atoms with E-state index in [-0.39, 0.29) is 17.7 Å². The van der Waals surface area contributed by atoms with Gasteiger partial charge in [-0.1, -0.05) is 22.9 Å². The maximum Gasteiger partial charge on any atom is 0.306 e. The Bertz CT molecular complexity index is 530. The van der Waals surface area contributed by atoms with Gasteiger partial charge in [-0.2, -0.15) is 0 Å². The number of carboxylic acid groups (broad SMARTS) is 1. The van der Waals surface area contributed by atoms with E-state index in [9.17, 15) is 9.59 Å². The minimum absolute atomic E-state index is 0.0641. The van der Waals surface area contributed by atoms with Crippen molar-refractivity contribution in [1.82, 2.24) is 0 Å². The van der Waals surface area contributed by atoms with E-state index >= 15 is 0 Å². The number of carbonyl (C=O) groups excluding carboxylic acids is 1. The van der Waals surface area contributed by atoms with Crippen LogP contribution in [0.15, 0.2) is 22.7 Å². The van der Waals surface area contributed by atoms with Gasteiger partial charge in [0.05, 0.1) is 5.92 Å². The largest absolute Gasteiger partial charge is 0.481 e. The Balaban J connectivity index is 2.04. The van der Waals surface area contributed by atoms with Crippen molar-refractivity contribution in [3.63, 3.8) is 0 Å². The SMILES string of the molecule is CCc1cc(Br)ccc1NC(=O)[C@@H]1CC[C@H](C(=O)O)C1. The van der Waals surface area contributed by atoms with E-state index in [0.29, 0.717) is 19.3 Å². The number of benzene rings is 1. The molecule has 0 saturated heterocycles. The Morgan fingerprint density at radius 2 is 2.05 bits per heavy atom. The Morgan fingerprint density at radius 3 is 2.65 bits per heavy atom. The van der Waals surface area contributed by atoms with Crippen LogP contribution < -0.4 is 5.32 Å². The average molecular weight is 340 g/mol. The van der Waals surface area contributed by atoms with Crippen LogP contribution in [0.2, 0.25) is 0 Å². The number of anilines is 1. The summed E-state index contributed by atoms with van der Waals surface area (Å²) < 4.78 is 0.985. The zero-order valence-corrected chi connectivity index (χ0v) is 12.9. The summed E-state index contributed by atoms with van der Waals surface area (Å²) in [6.07, 6.45) is 2.52. The van der Waals surface area contributed by atoms with Crippen molar-refractivity contribution >= 4 is 33.5 Å². The molecule has 2 atom stereocenters. The number of hydrogen-bond donors (Lipinski definition) is 2. The van der Waals surface area contributed by atoms with Crippen LogP contribution in [-0.2, 0) is 16.0 Å². The molecule has 4 nitrogen and oxygen atoms in total. The second kappa shape index (κ2) is 6.39. The van der Waals surface area contributed by atoms with Crippen LogP contribution in [-0.4, -0.2) is 17.0 Å². The third-order valence-electron chi connectivity index (χ3n) is 3.86. The maximum atomic E-state index is 12.2. The summed E-state index contributed by atoms with van der Waals surface area (Å²) in [5.41, 5.74) is 1.89. The predicted octanol–water partition coefficient (Wildman–Crippen LogP) is 3.45. The minimum atomic E-state index is -0.793. The van der Waals surface area contributed by atoms with Gasteiger partial charge in [0.25, 0.3) is 0 Å². The van der Waals surface area contributed by atoms with Crippen LogP contribution in [0.1, 0.15) is 31.7 Å². The van der Waals surface area contributed by atoms with Crippen molar-refractivity contribution < 1.29 is 14.7 Å². The fraction of sp³-hybridized carbons (Fsp3) is 0.467. The monoisotopic (exact) mass is 339 g/mol. The summed E-state index contributed by atoms with van der Waals surface area (Å²) in [6.45, 7) is 2.04. The molecule has 0 spiro atoms. The van der Waals surface area contributed by atoms with Gasteiger partial charge in [-0.25, -0.2) is 0 Å². The number of aryl methyl sites for hydroxylation is 1. The fourth-order valence-corrected chi connectivity index (χ4v) is 3.06. The quantitative estimate of drug-likeness (QED) is 0.882. The molecule has 0 aliphatic heterocycles. The zero-order chi connectivity index (χ0) is 14.7. The molecule has 20 heavy (non-hydrogen) atoms. The summed E-state index contributed by atoms with van der Waals surface area (Å²) in [7, 11) is 0. The van der Waals surface area contributed by atoms with E-state index in [1.165, 1.54) is 0 Å². The number of halogens is 1. The van der Waals surface area contributed by atoms with Crippen LogP contribution in [0.25, 0.3) is 0 Å². The highest BCUT2D eigenvalue weighted by molar-refractivity contribution is 9.10. The van der Waals surface area contributed by atoms with Crippen molar-refractivity contribution in [3.8, 4) is 0 Å². The third-order valence-corrected chi connectivity index (χ3v) is 4.35. The molecule has 2 N–H and O–H groups in total. The van der Waals surface area contributed by atoms with Crippen molar-refractivity contribution in [2.45, 2.75) is 32.6 Å². The average Bonchev–Trinajstić information content (AvgIpc) is 2.90. The second-order valence-electron chi connectivity index (χ2n) is 5.19. The fourth-order valence-electron chi connectivity index (χ4n) is 2.66. The van der Waals surface area contributed by atoms with Crippen molar-refractivity contribution in [3.05, 3.63) is 28.2 Å². The van der Waals surface area contributed by atoms with Gasteiger partial charge in [-0.3, -0.25) is 9.59 Å². The molecule has 5 heteroatoms. The highest BCUT2D eigenvalue weighted by atomic mass is 79.9. The Kier molecular flexibility index (Phi) is 4.81. The molecular formula is C15H18BrNO3. The Morgan fingerprint density at radius 1 is 1.35 bits per heavy atom. The molecule has 1 amide bonds. The van der Waals surface area contributed by atoms with E-state index in [2.05, 4.69) is 21.2 Å². The smallest absolute Gasteiger partial charge is 0.306 e. The Labute approximate surface area is 126 Å². The first-order chi connectivity index (χ1) is 9.51. The summed E-state index contributed by atoms with van der Waals surface area (Å²) in [4.78, 5) is 23.1. The van der Waals surface area contributed by atoms with E-state index in [0.717, 1.165) is 22.1 Å². The second-order valence-corrected chi connectivity index (χ2v) is 6.11. The van der Waals surface area contributed by atoms with Crippen LogP contribution in [0.5, 0.6) is 0 Å². The Hall–Kier alpha value is -1.36. The van der Waals surface area contributed by atoms with E-state index in [4.69, 9.17) is 5.11 Å². The predicted molar refractivity (Wildman–Crippen MR) is 80.6 cm³/mol. The van der Waals surface area contributed by atoms with Gasteiger partial charge in [0.2, 0.25) is 5.91 Å². The van der Waals surface area contributed by atoms with Gasteiger partial charge >= 0.3 is 5.97 Å². The number of aliphatic carboxylic acids is 1. The molecule has 1 aliphatic rings. The van der Waals surface area contributed by atoms with E-state index < -0.39 is 5.97 Å². The topological polar surface area (TPSA) is 66.4 Å². The standard InChI is InChI=1S/C15H18BrNO3/c1-2-9-8-12(16)5-6-13(9)17-14(18)10-3-4-11(7-10)15(19)20/h5-6,8,10-11H,2-4,7H2,1H3,(H,17,18)(H,19,20)/t10-,11+/m1/s1. The van der Waals surface area contributed by atoms with Gasteiger partial charge in [-0.05, 0) is 49.4 Å². The molecule has 2 rings (SSSR count). The van der Waals surface area contributed by atoms with Crippen LogP contribution in [0, 0.1) is 11.8 Å². The lowest BCUT2D eigenvalue weighted by molar-refractivity contribution is -0.141. The lowest BCUT2D eigenvalue weighted by Crippen LogP contribution is -2.22. The van der Waals surface area contributed by atoms with E-state index in [1.807, 2.05) is 25.1 Å². The lowest BCUT2D eigenvalue weighted by atomic mass is 10.0. The van der Waals surface area contributed by atoms with Crippen LogP contribution in [0.4, 0.5) is 5.69 Å². The molecule has 0 bridgehead atoms. The van der Waals surface area contributed by atoms with Gasteiger partial charge < -0.3 is 10.4 Å². The molecule has 1 aliphatic carbocycles. The van der Waals surface area contributed by atoms with Crippen molar-refractivity contribution in [2.24, 2.45) is 11.8 Å². The van der Waals surface area contributed by atoms with Gasteiger partial charge in [0, 0.05) is 16.1 Å². The first-order valence-electron chi connectivity index (χ1n) is 6.83. The molecule has 0 unspecified atom stereocenters. The number of amides is 1. The molecule has 0 heterocycles. The summed E-state index contributed by atoms with van der Waals surface area (Å²) >= 11 is 3.42. The third kappa shape index (κ3) is 3.39. The highest BCUT2D eigenvalue weighted by Crippen LogP contribution is 2.32. The molecule has 1 aromatic carbocycles. The molecule has 0 aromatic heterocycles. The molecule has 1 aromatic rings. The zero-order valence-electron chi connectivity index (χ0n) is 11.4. The normalized spacial score (nSPS) is 21.7. The van der Waals surface area contributed by atoms with Gasteiger partial charge in [0.15, 0.2) is 0 Å². The first kappa shape index (κ1) is 15.0. The van der Waals surface area contributed by atoms with Crippen molar-refractivity contribution in [1.29, 1.82) is 0 Å². The molecule has 108 valence electrons. The number of carboxylic acids is 1. The minimum Gasteiger partial charge on any atom is -0.481 e. The number of carbonyl (C=O) groups is 2. The van der Waals surface area contributed by atoms with Crippen molar-refractivity contribution in [2.75, 3.05) is 5.32 Å². The molecule has 0 radical (unpaired) electrons. The molecule has 1 fully saturated rings. The number of hydrogen-bond acceptors (Lipinski definition) is 2. The van der Waals surface area contributed by atoms with Crippen LogP contribution >= 0.6 is 15.9 Å². The number of nitrogens with one attached hydrogen (secondary N) is 1. The summed E-state index contributed by atoms with van der Waals surface area (Å²) in [5, 5.41) is 11.9. The van der Waals surface area contributed by atoms with Gasteiger partial charge in [-0.15, -0.1) is 0 Å².